The van der Waals surface area contributed by atoms with Crippen molar-refractivity contribution in [3.8, 4) is 0 Å². The molecule has 2 nitrogen and oxygen atoms in total. The van der Waals surface area contributed by atoms with Gasteiger partial charge in [0, 0.05) is 0 Å². The van der Waals surface area contributed by atoms with Crippen LogP contribution >= 0.6 is 0 Å². The van der Waals surface area contributed by atoms with E-state index in [0.717, 1.165) is 38.5 Å². The quantitative estimate of drug-likeness (QED) is 0.494. The normalized spacial score (nSPS) is 11.9. The van der Waals surface area contributed by atoms with Gasteiger partial charge in [0.15, 0.2) is 0 Å². The number of rotatable bonds is 8. The molecule has 0 aromatic carbocycles. The molecular formula is C11H23NaO2. The molecule has 0 aromatic rings. The summed E-state index contributed by atoms with van der Waals surface area (Å²) >= 11 is 0. The van der Waals surface area contributed by atoms with Crippen LogP contribution in [0.15, 0.2) is 0 Å². The Hall–Kier alpha value is 0.470. The van der Waals surface area contributed by atoms with Gasteiger partial charge < -0.3 is 5.11 Å². The predicted octanol–water partition coefficient (Wildman–Crippen LogP) is 2.81. The zero-order valence-electron chi connectivity index (χ0n) is 8.88. The Morgan fingerprint density at radius 3 is 2.00 bits per heavy atom. The summed E-state index contributed by atoms with van der Waals surface area (Å²) in [7, 11) is 0. The average Bonchev–Trinajstić information content (AvgIpc) is 2.10. The molecule has 3 heteroatoms. The summed E-state index contributed by atoms with van der Waals surface area (Å²) in [6, 6.07) is 0. The topological polar surface area (TPSA) is 37.3 Å². The fourth-order valence-electron chi connectivity index (χ4n) is 1.48. The number of unbranched alkanes of at least 4 members (excludes halogenated alkanes) is 3. The van der Waals surface area contributed by atoms with E-state index in [1.54, 1.807) is 0 Å². The van der Waals surface area contributed by atoms with Gasteiger partial charge in [-0.2, -0.15) is 0 Å². The molecule has 0 bridgehead atoms. The number of carboxylic acids is 1. The van der Waals surface area contributed by atoms with Crippen molar-refractivity contribution in [3.63, 3.8) is 0 Å². The van der Waals surface area contributed by atoms with Crippen LogP contribution in [0, 0.1) is 5.92 Å². The second kappa shape index (κ2) is 11.5. The van der Waals surface area contributed by atoms with E-state index in [0.29, 0.717) is 0 Å². The van der Waals surface area contributed by atoms with Gasteiger partial charge in [0.05, 0.1) is 5.92 Å². The molecule has 0 aliphatic carbocycles. The van der Waals surface area contributed by atoms with Crippen LogP contribution in [-0.4, -0.2) is 40.6 Å². The predicted molar refractivity (Wildman–Crippen MR) is 61.9 cm³/mol. The van der Waals surface area contributed by atoms with Crippen molar-refractivity contribution in [1.82, 2.24) is 0 Å². The number of hydrogen-bond acceptors (Lipinski definition) is 1. The molecule has 0 aliphatic heterocycles. The van der Waals surface area contributed by atoms with Crippen molar-refractivity contribution in [2.24, 2.45) is 5.92 Å². The van der Waals surface area contributed by atoms with E-state index in [2.05, 4.69) is 13.8 Å². The summed E-state index contributed by atoms with van der Waals surface area (Å²) in [4.78, 5) is 10.8. The van der Waals surface area contributed by atoms with Crippen molar-refractivity contribution >= 4 is 35.5 Å². The molecule has 0 saturated carbocycles. The van der Waals surface area contributed by atoms with E-state index in [1.165, 1.54) is 6.42 Å². The molecule has 0 radical (unpaired) electrons. The first-order valence-electron chi connectivity index (χ1n) is 5.45. The Balaban J connectivity index is 0. The molecule has 1 atom stereocenters. The molecule has 0 heterocycles. The minimum absolute atomic E-state index is 0. The Bertz CT molecular complexity index is 137. The Labute approximate surface area is 110 Å². The van der Waals surface area contributed by atoms with Gasteiger partial charge in [-0.15, -0.1) is 0 Å². The van der Waals surface area contributed by atoms with Crippen LogP contribution in [0.25, 0.3) is 0 Å². The van der Waals surface area contributed by atoms with Crippen LogP contribution in [-0.2, 0) is 4.79 Å². The molecule has 80 valence electrons. The van der Waals surface area contributed by atoms with Crippen LogP contribution in [0.2, 0.25) is 0 Å². The van der Waals surface area contributed by atoms with Gasteiger partial charge in [-0.3, -0.25) is 4.79 Å². The standard InChI is InChI=1S/C11H22O2.Na.H/c1-3-5-7-9-10(11(12)13)8-6-4-2;;/h10H,3-9H2,1-2H3,(H,12,13);;. The van der Waals surface area contributed by atoms with Crippen LogP contribution in [0.5, 0.6) is 0 Å². The van der Waals surface area contributed by atoms with Crippen LogP contribution in [0.1, 0.15) is 58.8 Å². The van der Waals surface area contributed by atoms with Gasteiger partial charge >= 0.3 is 35.5 Å². The van der Waals surface area contributed by atoms with Gasteiger partial charge in [0.2, 0.25) is 0 Å². The van der Waals surface area contributed by atoms with Crippen molar-refractivity contribution in [2.45, 2.75) is 58.8 Å². The molecule has 14 heavy (non-hydrogen) atoms. The number of hydrogen-bond donors (Lipinski definition) is 1. The molecule has 0 amide bonds. The van der Waals surface area contributed by atoms with Crippen LogP contribution in [0.3, 0.4) is 0 Å². The maximum absolute atomic E-state index is 10.8. The van der Waals surface area contributed by atoms with Gasteiger partial charge in [0.1, 0.15) is 0 Å². The average molecular weight is 210 g/mol. The summed E-state index contributed by atoms with van der Waals surface area (Å²) in [6.45, 7) is 4.24. The maximum atomic E-state index is 10.8. The van der Waals surface area contributed by atoms with Gasteiger partial charge in [0.25, 0.3) is 0 Å². The number of aliphatic carboxylic acids is 1. The van der Waals surface area contributed by atoms with Crippen molar-refractivity contribution in [1.29, 1.82) is 0 Å². The van der Waals surface area contributed by atoms with Gasteiger partial charge in [-0.1, -0.05) is 46.0 Å². The molecule has 0 aliphatic rings. The summed E-state index contributed by atoms with van der Waals surface area (Å²) in [5.41, 5.74) is 0. The third-order valence-electron chi connectivity index (χ3n) is 2.41. The third kappa shape index (κ3) is 9.04. The number of carbonyl (C=O) groups is 1. The molecule has 0 rings (SSSR count). The van der Waals surface area contributed by atoms with Crippen molar-refractivity contribution < 1.29 is 9.90 Å². The van der Waals surface area contributed by atoms with E-state index in [-0.39, 0.29) is 35.5 Å². The second-order valence-electron chi connectivity index (χ2n) is 3.67. The fraction of sp³-hybridized carbons (Fsp3) is 0.909. The van der Waals surface area contributed by atoms with E-state index < -0.39 is 5.97 Å². The molecule has 0 saturated heterocycles. The molecule has 0 spiro atoms. The van der Waals surface area contributed by atoms with E-state index in [1.807, 2.05) is 0 Å². The Morgan fingerprint density at radius 1 is 1.07 bits per heavy atom. The van der Waals surface area contributed by atoms with E-state index in [9.17, 15) is 4.79 Å². The fourth-order valence-corrected chi connectivity index (χ4v) is 1.48. The van der Waals surface area contributed by atoms with E-state index in [4.69, 9.17) is 5.11 Å². The zero-order chi connectivity index (χ0) is 10.1. The molecular weight excluding hydrogens is 187 g/mol. The second-order valence-corrected chi connectivity index (χ2v) is 3.67. The summed E-state index contributed by atoms with van der Waals surface area (Å²) < 4.78 is 0. The molecule has 1 N–H and O–H groups in total. The molecule has 0 fully saturated rings. The van der Waals surface area contributed by atoms with E-state index >= 15 is 0 Å². The van der Waals surface area contributed by atoms with Crippen LogP contribution < -0.4 is 0 Å². The van der Waals surface area contributed by atoms with Gasteiger partial charge in [-0.25, -0.2) is 0 Å². The van der Waals surface area contributed by atoms with Crippen molar-refractivity contribution in [3.05, 3.63) is 0 Å². The van der Waals surface area contributed by atoms with Gasteiger partial charge in [-0.05, 0) is 12.8 Å². The monoisotopic (exact) mass is 210 g/mol. The first-order chi connectivity index (χ1) is 6.22. The summed E-state index contributed by atoms with van der Waals surface area (Å²) in [6.07, 6.45) is 7.26. The Kier molecular flexibility index (Phi) is 13.9. The summed E-state index contributed by atoms with van der Waals surface area (Å²) in [5.74, 6) is -0.698. The SMILES string of the molecule is CCCCCC(CCCC)C(=O)O.[NaH]. The van der Waals surface area contributed by atoms with Crippen molar-refractivity contribution in [2.75, 3.05) is 0 Å². The first-order valence-corrected chi connectivity index (χ1v) is 5.45. The molecule has 0 aromatic heterocycles. The number of carboxylic acid groups (broad SMARTS) is 1. The first kappa shape index (κ1) is 16.9. The third-order valence-corrected chi connectivity index (χ3v) is 2.41. The summed E-state index contributed by atoms with van der Waals surface area (Å²) in [5, 5.41) is 8.90. The Morgan fingerprint density at radius 2 is 1.57 bits per heavy atom. The van der Waals surface area contributed by atoms with Crippen LogP contribution in [0.4, 0.5) is 0 Å². The minimum atomic E-state index is -0.607. The zero-order valence-corrected chi connectivity index (χ0v) is 8.88. The molecule has 1 unspecified atom stereocenters.